The second-order valence-corrected chi connectivity index (χ2v) is 4.85. The molecule has 0 aliphatic rings. The number of carbonyl (C=O) groups is 1. The maximum absolute atomic E-state index is 12.1. The lowest BCUT2D eigenvalue weighted by molar-refractivity contribution is -0.162. The Bertz CT molecular complexity index is 406. The van der Waals surface area contributed by atoms with Gasteiger partial charge in [0.15, 0.2) is 0 Å². The number of esters is 1. The summed E-state index contributed by atoms with van der Waals surface area (Å²) in [5.41, 5.74) is -1.01. The van der Waals surface area contributed by atoms with E-state index >= 15 is 0 Å². The van der Waals surface area contributed by atoms with Crippen molar-refractivity contribution < 1.29 is 14.6 Å². The molecule has 0 fully saturated rings. The predicted octanol–water partition coefficient (Wildman–Crippen LogP) is 1.91. The van der Waals surface area contributed by atoms with Gasteiger partial charge in [-0.1, -0.05) is 20.3 Å². The van der Waals surface area contributed by atoms with E-state index in [1.165, 1.54) is 18.6 Å². The van der Waals surface area contributed by atoms with E-state index in [0.717, 1.165) is 6.42 Å². The highest BCUT2D eigenvalue weighted by molar-refractivity contribution is 5.74. The van der Waals surface area contributed by atoms with Crippen LogP contribution in [-0.4, -0.2) is 27.7 Å². The Hall–Kier alpha value is -1.49. The van der Waals surface area contributed by atoms with Crippen molar-refractivity contribution in [1.29, 1.82) is 0 Å². The van der Waals surface area contributed by atoms with E-state index in [1.807, 2.05) is 13.8 Å². The monoisotopic (exact) mass is 266 g/mol. The maximum Gasteiger partial charge on any atom is 0.312 e. The van der Waals surface area contributed by atoms with Gasteiger partial charge in [-0.2, -0.15) is 0 Å². The number of rotatable bonds is 6. The number of carbonyl (C=O) groups excluding carboxylic acids is 1. The fraction of sp³-hybridized carbons (Fsp3) is 0.643. The molecule has 1 aromatic heterocycles. The largest absolute Gasteiger partial charge is 0.466 e. The van der Waals surface area contributed by atoms with Crippen LogP contribution in [0.25, 0.3) is 0 Å². The van der Waals surface area contributed by atoms with E-state index < -0.39 is 17.5 Å². The molecule has 1 heterocycles. The summed E-state index contributed by atoms with van der Waals surface area (Å²) in [5, 5.41) is 10.7. The molecule has 0 aliphatic heterocycles. The molecular weight excluding hydrogens is 244 g/mol. The molecule has 0 amide bonds. The van der Waals surface area contributed by atoms with Gasteiger partial charge in [-0.25, -0.2) is 0 Å². The summed E-state index contributed by atoms with van der Waals surface area (Å²) < 4.78 is 5.09. The molecule has 106 valence electrons. The molecule has 3 unspecified atom stereocenters. The Morgan fingerprint density at radius 2 is 2.16 bits per heavy atom. The Kier molecular flexibility index (Phi) is 5.42. The second-order valence-electron chi connectivity index (χ2n) is 4.85. The molecule has 1 aromatic rings. The van der Waals surface area contributed by atoms with Crippen molar-refractivity contribution in [3.05, 3.63) is 24.3 Å². The molecule has 0 spiro atoms. The summed E-state index contributed by atoms with van der Waals surface area (Å²) >= 11 is 0. The van der Waals surface area contributed by atoms with Gasteiger partial charge >= 0.3 is 5.97 Å². The minimum absolute atomic E-state index is 0.0175. The molecule has 1 N–H and O–H groups in total. The van der Waals surface area contributed by atoms with Gasteiger partial charge in [0.1, 0.15) is 5.60 Å². The summed E-state index contributed by atoms with van der Waals surface area (Å²) in [5.74, 6) is -1.07. The van der Waals surface area contributed by atoms with E-state index in [9.17, 15) is 9.90 Å². The van der Waals surface area contributed by atoms with Crippen LogP contribution >= 0.6 is 0 Å². The first-order valence-electron chi connectivity index (χ1n) is 6.60. The van der Waals surface area contributed by atoms with Gasteiger partial charge in [0.2, 0.25) is 0 Å². The van der Waals surface area contributed by atoms with Crippen molar-refractivity contribution in [1.82, 2.24) is 9.97 Å². The molecule has 0 bridgehead atoms. The zero-order valence-corrected chi connectivity index (χ0v) is 12.0. The summed E-state index contributed by atoms with van der Waals surface area (Å²) in [4.78, 5) is 20.2. The number of ether oxygens (including phenoxy) is 1. The quantitative estimate of drug-likeness (QED) is 0.796. The molecule has 0 aromatic carbocycles. The number of hydrogen-bond acceptors (Lipinski definition) is 5. The molecule has 0 saturated carbocycles. The predicted molar refractivity (Wildman–Crippen MR) is 71.2 cm³/mol. The smallest absolute Gasteiger partial charge is 0.312 e. The van der Waals surface area contributed by atoms with E-state index in [0.29, 0.717) is 12.3 Å². The van der Waals surface area contributed by atoms with Crippen LogP contribution in [0.2, 0.25) is 0 Å². The van der Waals surface area contributed by atoms with Crippen molar-refractivity contribution in [2.45, 2.75) is 39.7 Å². The zero-order valence-electron chi connectivity index (χ0n) is 12.0. The van der Waals surface area contributed by atoms with Crippen molar-refractivity contribution in [2.24, 2.45) is 11.8 Å². The third kappa shape index (κ3) is 3.50. The van der Waals surface area contributed by atoms with Gasteiger partial charge < -0.3 is 9.84 Å². The first kappa shape index (κ1) is 15.6. The highest BCUT2D eigenvalue weighted by Gasteiger charge is 2.44. The van der Waals surface area contributed by atoms with Gasteiger partial charge in [0, 0.05) is 12.4 Å². The van der Waals surface area contributed by atoms with Crippen molar-refractivity contribution >= 4 is 5.97 Å². The summed E-state index contributed by atoms with van der Waals surface area (Å²) in [6.07, 6.45) is 5.28. The molecule has 0 radical (unpaired) electrons. The first-order valence-corrected chi connectivity index (χ1v) is 6.60. The van der Waals surface area contributed by atoms with Gasteiger partial charge in [-0.05, 0) is 19.8 Å². The third-order valence-electron chi connectivity index (χ3n) is 3.44. The third-order valence-corrected chi connectivity index (χ3v) is 3.44. The maximum atomic E-state index is 12.1. The number of aliphatic hydroxyl groups is 1. The fourth-order valence-corrected chi connectivity index (χ4v) is 2.20. The summed E-state index contributed by atoms with van der Waals surface area (Å²) in [6.45, 7) is 7.53. The minimum Gasteiger partial charge on any atom is -0.466 e. The molecule has 3 atom stereocenters. The van der Waals surface area contributed by atoms with Crippen molar-refractivity contribution in [3.8, 4) is 0 Å². The van der Waals surface area contributed by atoms with Gasteiger partial charge in [0.05, 0.1) is 24.4 Å². The molecule has 5 heteroatoms. The molecular formula is C14H22N2O3. The average Bonchev–Trinajstić information content (AvgIpc) is 2.39. The van der Waals surface area contributed by atoms with Crippen LogP contribution in [0.4, 0.5) is 0 Å². The van der Waals surface area contributed by atoms with E-state index in [1.54, 1.807) is 13.8 Å². The van der Waals surface area contributed by atoms with Crippen molar-refractivity contribution in [2.75, 3.05) is 6.61 Å². The number of aromatic nitrogens is 2. The van der Waals surface area contributed by atoms with Crippen LogP contribution in [-0.2, 0) is 15.1 Å². The standard InChI is InChI=1S/C14H22N2O3/c1-5-10(3)12(13(17)19-6-2)14(4,18)11-9-15-7-8-16-11/h7-10,12,18H,5-6H2,1-4H3. The van der Waals surface area contributed by atoms with Crippen LogP contribution in [0.15, 0.2) is 18.6 Å². The zero-order chi connectivity index (χ0) is 14.5. The van der Waals surface area contributed by atoms with Gasteiger partial charge in [-0.3, -0.25) is 14.8 Å². The van der Waals surface area contributed by atoms with Crippen molar-refractivity contribution in [3.63, 3.8) is 0 Å². The highest BCUT2D eigenvalue weighted by Crippen LogP contribution is 2.35. The SMILES string of the molecule is CCOC(=O)C(C(C)CC)C(C)(O)c1cnccn1. The van der Waals surface area contributed by atoms with Gasteiger partial charge in [-0.15, -0.1) is 0 Å². The Morgan fingerprint density at radius 3 is 2.63 bits per heavy atom. The summed E-state index contributed by atoms with van der Waals surface area (Å²) in [7, 11) is 0. The lowest BCUT2D eigenvalue weighted by Gasteiger charge is -2.34. The number of hydrogen-bond donors (Lipinski definition) is 1. The second kappa shape index (κ2) is 6.61. The molecule has 0 aliphatic carbocycles. The Balaban J connectivity index is 3.12. The van der Waals surface area contributed by atoms with Gasteiger partial charge in [0.25, 0.3) is 0 Å². The lowest BCUT2D eigenvalue weighted by atomic mass is 9.77. The van der Waals surface area contributed by atoms with Crippen LogP contribution in [0.1, 0.15) is 39.8 Å². The Labute approximate surface area is 114 Å². The van der Waals surface area contributed by atoms with E-state index in [2.05, 4.69) is 9.97 Å². The van der Waals surface area contributed by atoms with Crippen LogP contribution in [0.3, 0.4) is 0 Å². The fourth-order valence-electron chi connectivity index (χ4n) is 2.20. The molecule has 19 heavy (non-hydrogen) atoms. The highest BCUT2D eigenvalue weighted by atomic mass is 16.5. The van der Waals surface area contributed by atoms with Crippen LogP contribution < -0.4 is 0 Å². The molecule has 1 rings (SSSR count). The van der Waals surface area contributed by atoms with Crippen LogP contribution in [0, 0.1) is 11.8 Å². The van der Waals surface area contributed by atoms with E-state index in [4.69, 9.17) is 4.74 Å². The number of nitrogens with zero attached hydrogens (tertiary/aromatic N) is 2. The normalized spacial score (nSPS) is 17.3. The lowest BCUT2D eigenvalue weighted by Crippen LogP contribution is -2.42. The molecule has 0 saturated heterocycles. The molecule has 5 nitrogen and oxygen atoms in total. The topological polar surface area (TPSA) is 72.3 Å². The Morgan fingerprint density at radius 1 is 1.47 bits per heavy atom. The first-order chi connectivity index (χ1) is 8.95. The minimum atomic E-state index is -1.39. The summed E-state index contributed by atoms with van der Waals surface area (Å²) in [6, 6.07) is 0. The van der Waals surface area contributed by atoms with E-state index in [-0.39, 0.29) is 5.92 Å². The van der Waals surface area contributed by atoms with Crippen LogP contribution in [0.5, 0.6) is 0 Å². The average molecular weight is 266 g/mol.